The van der Waals surface area contributed by atoms with Crippen LogP contribution in [0.3, 0.4) is 0 Å². The lowest BCUT2D eigenvalue weighted by molar-refractivity contribution is 0.0299. The average Bonchev–Trinajstić information content (AvgIpc) is 2.94. The Morgan fingerprint density at radius 1 is 1.19 bits per heavy atom. The first-order valence-electron chi connectivity index (χ1n) is 12.6. The fourth-order valence-electron chi connectivity index (χ4n) is 7.06. The van der Waals surface area contributed by atoms with Crippen LogP contribution in [0, 0.1) is 22.7 Å². The highest BCUT2D eigenvalue weighted by Crippen LogP contribution is 2.67. The Balaban J connectivity index is 1.77. The second-order valence-electron chi connectivity index (χ2n) is 11.9. The Hall–Kier alpha value is -0.900. The minimum absolute atomic E-state index is 0.213. The van der Waals surface area contributed by atoms with Gasteiger partial charge in [0.1, 0.15) is 0 Å². The molecule has 0 amide bonds. The van der Waals surface area contributed by atoms with E-state index in [4.69, 9.17) is 0 Å². The summed E-state index contributed by atoms with van der Waals surface area (Å²) in [4.78, 5) is 0. The van der Waals surface area contributed by atoms with Crippen LogP contribution >= 0.6 is 0 Å². The second-order valence-corrected chi connectivity index (χ2v) is 11.9. The molecule has 0 aromatic heterocycles. The molecule has 6 atom stereocenters. The summed E-state index contributed by atoms with van der Waals surface area (Å²) in [5, 5.41) is 30.3. The molecule has 176 valence electrons. The van der Waals surface area contributed by atoms with Crippen LogP contribution in [0.25, 0.3) is 0 Å². The van der Waals surface area contributed by atoms with Gasteiger partial charge in [0.05, 0.1) is 17.8 Å². The molecule has 0 radical (unpaired) electrons. The van der Waals surface area contributed by atoms with Gasteiger partial charge in [-0.2, -0.15) is 0 Å². The number of hydrogen-bond acceptors (Lipinski definition) is 3. The lowest BCUT2D eigenvalue weighted by Gasteiger charge is -2.51. The molecule has 0 aromatic carbocycles. The maximum absolute atomic E-state index is 10.2. The van der Waals surface area contributed by atoms with Gasteiger partial charge in [-0.25, -0.2) is 0 Å². The Kier molecular flexibility index (Phi) is 7.30. The lowest BCUT2D eigenvalue weighted by atomic mass is 9.53. The summed E-state index contributed by atoms with van der Waals surface area (Å²) in [5.74, 6) is 1.40. The molecule has 3 fully saturated rings. The van der Waals surface area contributed by atoms with Crippen LogP contribution in [0.4, 0.5) is 0 Å². The van der Waals surface area contributed by atoms with Crippen LogP contribution in [0.1, 0.15) is 98.8 Å². The maximum atomic E-state index is 10.2. The van der Waals surface area contributed by atoms with Gasteiger partial charge in [-0.05, 0) is 92.6 Å². The van der Waals surface area contributed by atoms with E-state index in [2.05, 4.69) is 39.5 Å². The molecule has 3 rings (SSSR count). The highest BCUT2D eigenvalue weighted by molar-refractivity contribution is 5.39. The monoisotopic (exact) mass is 430 g/mol. The average molecular weight is 431 g/mol. The van der Waals surface area contributed by atoms with Crippen molar-refractivity contribution in [3.63, 3.8) is 0 Å². The molecule has 1 unspecified atom stereocenters. The van der Waals surface area contributed by atoms with Crippen LogP contribution in [0.5, 0.6) is 0 Å². The van der Waals surface area contributed by atoms with E-state index in [1.807, 2.05) is 13.8 Å². The van der Waals surface area contributed by atoms with Crippen molar-refractivity contribution in [2.45, 2.75) is 117 Å². The van der Waals surface area contributed by atoms with E-state index in [0.29, 0.717) is 24.2 Å². The predicted octanol–water partition coefficient (Wildman–Crippen LogP) is 6.09. The third kappa shape index (κ3) is 5.04. The van der Waals surface area contributed by atoms with Crippen molar-refractivity contribution >= 4 is 0 Å². The third-order valence-electron chi connectivity index (χ3n) is 9.27. The van der Waals surface area contributed by atoms with Gasteiger partial charge in [-0.3, -0.25) is 0 Å². The van der Waals surface area contributed by atoms with Gasteiger partial charge < -0.3 is 15.3 Å². The van der Waals surface area contributed by atoms with E-state index >= 15 is 0 Å². The van der Waals surface area contributed by atoms with Crippen molar-refractivity contribution in [1.82, 2.24) is 0 Å². The highest BCUT2D eigenvalue weighted by Gasteiger charge is 2.57. The van der Waals surface area contributed by atoms with Crippen molar-refractivity contribution in [2.75, 3.05) is 0 Å². The van der Waals surface area contributed by atoms with E-state index < -0.39 is 17.8 Å². The van der Waals surface area contributed by atoms with Crippen LogP contribution in [0.2, 0.25) is 0 Å². The normalized spacial score (nSPS) is 40.4. The Morgan fingerprint density at radius 3 is 2.58 bits per heavy atom. The third-order valence-corrected chi connectivity index (χ3v) is 9.27. The minimum atomic E-state index is -0.624. The van der Waals surface area contributed by atoms with Gasteiger partial charge in [-0.15, -0.1) is 0 Å². The van der Waals surface area contributed by atoms with Gasteiger partial charge in [0.2, 0.25) is 0 Å². The largest absolute Gasteiger partial charge is 0.393 e. The first-order chi connectivity index (χ1) is 14.4. The standard InChI is InChI=1S/C28H46O3/c1-19(9-7-14-26(3,4)31)24-13-16-27(5)22(10-8-15-28(24,27)6)12-11-21-17-23(29)18-25(30)20(21)2/h11-12,19,23-25,29-31H,2,7-10,13-18H2,1,3-6H3/b21-11-,22-12+/t19-,23-,24?,25+,27+,28-/m1/s1. The molecular formula is C28H46O3. The molecule has 0 heterocycles. The molecule has 3 aliphatic carbocycles. The fourth-order valence-corrected chi connectivity index (χ4v) is 7.06. The Labute approximate surface area is 190 Å². The molecule has 3 saturated carbocycles. The molecule has 0 spiro atoms. The van der Waals surface area contributed by atoms with E-state index in [1.165, 1.54) is 32.1 Å². The number of hydrogen-bond donors (Lipinski definition) is 3. The molecule has 31 heavy (non-hydrogen) atoms. The first-order valence-corrected chi connectivity index (χ1v) is 12.6. The molecular weight excluding hydrogens is 384 g/mol. The van der Waals surface area contributed by atoms with Crippen LogP contribution in [-0.2, 0) is 0 Å². The molecule has 3 aliphatic rings. The Morgan fingerprint density at radius 2 is 1.90 bits per heavy atom. The fraction of sp³-hybridized carbons (Fsp3) is 0.786. The minimum Gasteiger partial charge on any atom is -0.393 e. The van der Waals surface area contributed by atoms with Crippen LogP contribution in [-0.4, -0.2) is 33.1 Å². The smallest absolute Gasteiger partial charge is 0.0811 e. The summed E-state index contributed by atoms with van der Waals surface area (Å²) in [6.45, 7) is 15.4. The molecule has 3 nitrogen and oxygen atoms in total. The number of aliphatic hydroxyl groups excluding tert-OH is 2. The number of rotatable bonds is 6. The number of fused-ring (bicyclic) bond motifs is 1. The van der Waals surface area contributed by atoms with E-state index in [9.17, 15) is 15.3 Å². The topological polar surface area (TPSA) is 60.7 Å². The van der Waals surface area contributed by atoms with Crippen molar-refractivity contribution in [3.05, 3.63) is 35.5 Å². The molecule has 3 N–H and O–H groups in total. The van der Waals surface area contributed by atoms with Gasteiger partial charge >= 0.3 is 0 Å². The first kappa shape index (κ1) is 24.7. The van der Waals surface area contributed by atoms with Gasteiger partial charge in [0.25, 0.3) is 0 Å². The van der Waals surface area contributed by atoms with Crippen LogP contribution < -0.4 is 0 Å². The summed E-state index contributed by atoms with van der Waals surface area (Å²) < 4.78 is 0. The molecule has 0 aliphatic heterocycles. The van der Waals surface area contributed by atoms with Gasteiger partial charge in [0, 0.05) is 6.42 Å². The number of aliphatic hydroxyl groups is 3. The quantitative estimate of drug-likeness (QED) is 0.477. The zero-order chi connectivity index (χ0) is 23.0. The molecule has 0 bridgehead atoms. The highest BCUT2D eigenvalue weighted by atomic mass is 16.3. The van der Waals surface area contributed by atoms with Crippen molar-refractivity contribution in [3.8, 4) is 0 Å². The van der Waals surface area contributed by atoms with Crippen molar-refractivity contribution in [1.29, 1.82) is 0 Å². The summed E-state index contributed by atoms with van der Waals surface area (Å²) >= 11 is 0. The van der Waals surface area contributed by atoms with Crippen molar-refractivity contribution in [2.24, 2.45) is 22.7 Å². The lowest BCUT2D eigenvalue weighted by Crippen LogP contribution is -2.43. The van der Waals surface area contributed by atoms with Crippen LogP contribution in [0.15, 0.2) is 35.5 Å². The van der Waals surface area contributed by atoms with Gasteiger partial charge in [0.15, 0.2) is 0 Å². The zero-order valence-corrected chi connectivity index (χ0v) is 20.6. The second kappa shape index (κ2) is 9.15. The van der Waals surface area contributed by atoms with E-state index in [1.54, 1.807) is 5.57 Å². The predicted molar refractivity (Wildman–Crippen MR) is 129 cm³/mol. The molecule has 0 aromatic rings. The summed E-state index contributed by atoms with van der Waals surface area (Å²) in [6, 6.07) is 0. The molecule has 3 heteroatoms. The zero-order valence-electron chi connectivity index (χ0n) is 20.6. The van der Waals surface area contributed by atoms with E-state index in [0.717, 1.165) is 36.3 Å². The summed E-state index contributed by atoms with van der Waals surface area (Å²) in [6.07, 6.45) is 13.7. The summed E-state index contributed by atoms with van der Waals surface area (Å²) in [5.41, 5.74) is 3.28. The van der Waals surface area contributed by atoms with Crippen molar-refractivity contribution < 1.29 is 15.3 Å². The Bertz CT molecular complexity index is 727. The number of allylic oxidation sites excluding steroid dienone is 3. The van der Waals surface area contributed by atoms with Gasteiger partial charge in [-0.1, -0.05) is 57.9 Å². The van der Waals surface area contributed by atoms with E-state index in [-0.39, 0.29) is 5.41 Å². The molecule has 0 saturated heterocycles. The maximum Gasteiger partial charge on any atom is 0.0811 e. The SMILES string of the molecule is C=C1/C(=C\C=C2/CCC[C@]3(C)C([C@H](C)CCCC(C)(C)O)CC[C@@]23C)C[C@@H](O)C[C@@H]1O. The summed E-state index contributed by atoms with van der Waals surface area (Å²) in [7, 11) is 0.